The van der Waals surface area contributed by atoms with Gasteiger partial charge in [-0.05, 0) is 38.8 Å². The maximum absolute atomic E-state index is 4.78. The Bertz CT molecular complexity index is 637. The number of hydrogen-bond acceptors (Lipinski definition) is 3. The lowest BCUT2D eigenvalue weighted by molar-refractivity contribution is 0.496. The zero-order valence-corrected chi connectivity index (χ0v) is 15.6. The maximum atomic E-state index is 4.78. The number of benzene rings is 1. The van der Waals surface area contributed by atoms with Crippen LogP contribution in [0, 0.1) is 13.8 Å². The Kier molecular flexibility index (Phi) is 5.08. The zero-order chi connectivity index (χ0) is 16.5. The van der Waals surface area contributed by atoms with Crippen molar-refractivity contribution in [3.05, 3.63) is 51.0 Å². The molecule has 2 aromatic rings. The van der Waals surface area contributed by atoms with E-state index in [1.165, 1.54) is 21.0 Å². The molecule has 0 aliphatic rings. The van der Waals surface area contributed by atoms with Crippen LogP contribution in [0.3, 0.4) is 0 Å². The van der Waals surface area contributed by atoms with Gasteiger partial charge in [0.05, 0.1) is 10.7 Å². The first-order chi connectivity index (χ1) is 10.2. The minimum Gasteiger partial charge on any atom is -0.303 e. The van der Waals surface area contributed by atoms with E-state index in [0.29, 0.717) is 12.1 Å². The van der Waals surface area contributed by atoms with E-state index in [1.807, 2.05) is 11.3 Å². The molecule has 0 spiro atoms. The third-order valence-corrected chi connectivity index (χ3v) is 5.79. The van der Waals surface area contributed by atoms with Gasteiger partial charge in [0, 0.05) is 22.4 Å². The van der Waals surface area contributed by atoms with E-state index in [2.05, 4.69) is 78.0 Å². The largest absolute Gasteiger partial charge is 0.303 e. The summed E-state index contributed by atoms with van der Waals surface area (Å²) < 4.78 is 0. The van der Waals surface area contributed by atoms with E-state index in [9.17, 15) is 0 Å². The van der Waals surface area contributed by atoms with E-state index < -0.39 is 0 Å². The van der Waals surface area contributed by atoms with Gasteiger partial charge in [-0.15, -0.1) is 11.3 Å². The summed E-state index contributed by atoms with van der Waals surface area (Å²) in [4.78, 5) is 6.13. The molecule has 0 saturated heterocycles. The fourth-order valence-corrected chi connectivity index (χ4v) is 3.88. The number of aryl methyl sites for hydroxylation is 2. The van der Waals surface area contributed by atoms with Crippen LogP contribution in [0.1, 0.15) is 73.4 Å². The van der Waals surface area contributed by atoms with Gasteiger partial charge < -0.3 is 5.32 Å². The highest BCUT2D eigenvalue weighted by Crippen LogP contribution is 2.33. The van der Waals surface area contributed by atoms with Crippen molar-refractivity contribution in [1.82, 2.24) is 10.3 Å². The second-order valence-corrected chi connectivity index (χ2v) is 8.22. The molecule has 1 heterocycles. The third-order valence-electron chi connectivity index (χ3n) is 4.02. The van der Waals surface area contributed by atoms with Crippen LogP contribution < -0.4 is 5.32 Å². The lowest BCUT2D eigenvalue weighted by atomic mass is 9.98. The number of nitrogens with one attached hydrogen (secondary N) is 1. The molecular formula is C19H28N2S. The second-order valence-electron chi connectivity index (χ2n) is 7.19. The predicted octanol–water partition coefficient (Wildman–Crippen LogP) is 5.47. The number of thiazole rings is 1. The van der Waals surface area contributed by atoms with Crippen LogP contribution in [-0.2, 0) is 5.41 Å². The quantitative estimate of drug-likeness (QED) is 0.809. The summed E-state index contributed by atoms with van der Waals surface area (Å²) in [7, 11) is 0. The Morgan fingerprint density at radius 1 is 1.05 bits per heavy atom. The molecule has 0 fully saturated rings. The van der Waals surface area contributed by atoms with Gasteiger partial charge in [-0.3, -0.25) is 0 Å². The normalized spacial score (nSPS) is 14.9. The highest BCUT2D eigenvalue weighted by molar-refractivity contribution is 7.12. The molecule has 0 bridgehead atoms. The molecule has 22 heavy (non-hydrogen) atoms. The molecule has 2 nitrogen and oxygen atoms in total. The molecule has 1 aromatic heterocycles. The highest BCUT2D eigenvalue weighted by atomic mass is 32.1. The molecule has 2 atom stereocenters. The van der Waals surface area contributed by atoms with Gasteiger partial charge in [0.15, 0.2) is 0 Å². The first-order valence-corrected chi connectivity index (χ1v) is 8.81. The summed E-state index contributed by atoms with van der Waals surface area (Å²) >= 11 is 1.84. The van der Waals surface area contributed by atoms with Crippen LogP contribution in [0.15, 0.2) is 24.3 Å². The Morgan fingerprint density at radius 3 is 2.23 bits per heavy atom. The summed E-state index contributed by atoms with van der Waals surface area (Å²) in [5.41, 5.74) is 3.99. The minimum atomic E-state index is 0.120. The first kappa shape index (κ1) is 17.2. The van der Waals surface area contributed by atoms with Gasteiger partial charge in [0.1, 0.15) is 0 Å². The standard InChI is InChI=1S/C19H28N2S/c1-12-10-8-9-11-16(12)13(2)20-14(3)17-15(4)21-18(22-17)19(5,6)7/h8-11,13-14,20H,1-7H3. The number of aromatic nitrogens is 1. The van der Waals surface area contributed by atoms with Crippen molar-refractivity contribution in [3.63, 3.8) is 0 Å². The molecule has 1 aromatic carbocycles. The monoisotopic (exact) mass is 316 g/mol. The fourth-order valence-electron chi connectivity index (χ4n) is 2.74. The van der Waals surface area contributed by atoms with E-state index in [-0.39, 0.29) is 5.41 Å². The lowest BCUT2D eigenvalue weighted by Gasteiger charge is -2.21. The maximum Gasteiger partial charge on any atom is 0.0985 e. The van der Waals surface area contributed by atoms with E-state index in [0.717, 1.165) is 5.69 Å². The van der Waals surface area contributed by atoms with Crippen LogP contribution in [0.4, 0.5) is 0 Å². The van der Waals surface area contributed by atoms with Crippen molar-refractivity contribution in [2.24, 2.45) is 0 Å². The molecule has 2 unspecified atom stereocenters. The van der Waals surface area contributed by atoms with Gasteiger partial charge >= 0.3 is 0 Å². The van der Waals surface area contributed by atoms with Crippen LogP contribution in [-0.4, -0.2) is 4.98 Å². The van der Waals surface area contributed by atoms with Gasteiger partial charge in [-0.1, -0.05) is 45.0 Å². The lowest BCUT2D eigenvalue weighted by Crippen LogP contribution is -2.23. The second kappa shape index (κ2) is 6.51. The molecule has 1 N–H and O–H groups in total. The van der Waals surface area contributed by atoms with Crippen molar-refractivity contribution in [1.29, 1.82) is 0 Å². The topological polar surface area (TPSA) is 24.9 Å². The summed E-state index contributed by atoms with van der Waals surface area (Å²) in [6.07, 6.45) is 0. The SMILES string of the molecule is Cc1ccccc1C(C)NC(C)c1sc(C(C)(C)C)nc1C. The van der Waals surface area contributed by atoms with Crippen LogP contribution in [0.25, 0.3) is 0 Å². The molecule has 0 aliphatic heterocycles. The van der Waals surface area contributed by atoms with Crippen LogP contribution in [0.2, 0.25) is 0 Å². The van der Waals surface area contributed by atoms with Crippen molar-refractivity contribution in [2.45, 2.75) is 66.0 Å². The summed E-state index contributed by atoms with van der Waals surface area (Å²) in [5.74, 6) is 0. The average molecular weight is 317 g/mol. The van der Waals surface area contributed by atoms with Crippen molar-refractivity contribution < 1.29 is 0 Å². The Hall–Kier alpha value is -1.19. The smallest absolute Gasteiger partial charge is 0.0985 e. The average Bonchev–Trinajstić information content (AvgIpc) is 2.81. The predicted molar refractivity (Wildman–Crippen MR) is 96.7 cm³/mol. The Morgan fingerprint density at radius 2 is 1.68 bits per heavy atom. The van der Waals surface area contributed by atoms with Gasteiger partial charge in [-0.25, -0.2) is 4.98 Å². The van der Waals surface area contributed by atoms with Crippen LogP contribution >= 0.6 is 11.3 Å². The molecule has 0 amide bonds. The third kappa shape index (κ3) is 3.76. The summed E-state index contributed by atoms with van der Waals surface area (Å²) in [6, 6.07) is 9.23. The van der Waals surface area contributed by atoms with Crippen LogP contribution in [0.5, 0.6) is 0 Å². The number of nitrogens with zero attached hydrogens (tertiary/aromatic N) is 1. The highest BCUT2D eigenvalue weighted by Gasteiger charge is 2.23. The van der Waals surface area contributed by atoms with E-state index in [4.69, 9.17) is 4.98 Å². The molecule has 0 saturated carbocycles. The van der Waals surface area contributed by atoms with Gasteiger partial charge in [0.25, 0.3) is 0 Å². The van der Waals surface area contributed by atoms with Crippen molar-refractivity contribution >= 4 is 11.3 Å². The molecule has 3 heteroatoms. The van der Waals surface area contributed by atoms with E-state index >= 15 is 0 Å². The zero-order valence-electron chi connectivity index (χ0n) is 14.8. The molecule has 0 radical (unpaired) electrons. The van der Waals surface area contributed by atoms with Crippen molar-refractivity contribution in [2.75, 3.05) is 0 Å². The number of hydrogen-bond donors (Lipinski definition) is 1. The first-order valence-electron chi connectivity index (χ1n) is 7.99. The Balaban J connectivity index is 2.17. The van der Waals surface area contributed by atoms with Crippen molar-refractivity contribution in [3.8, 4) is 0 Å². The summed E-state index contributed by atoms with van der Waals surface area (Å²) in [5, 5.41) is 4.95. The summed E-state index contributed by atoms with van der Waals surface area (Å²) in [6.45, 7) is 15.4. The van der Waals surface area contributed by atoms with Gasteiger partial charge in [0.2, 0.25) is 0 Å². The molecular weight excluding hydrogens is 288 g/mol. The minimum absolute atomic E-state index is 0.120. The van der Waals surface area contributed by atoms with E-state index in [1.54, 1.807) is 0 Å². The van der Waals surface area contributed by atoms with Gasteiger partial charge in [-0.2, -0.15) is 0 Å². The molecule has 0 aliphatic carbocycles. The number of rotatable bonds is 4. The fraction of sp³-hybridized carbons (Fsp3) is 0.526. The molecule has 120 valence electrons. The molecule has 2 rings (SSSR count). The Labute approximate surface area is 139 Å².